The number of nitrogens with zero attached hydrogens (tertiary/aromatic N) is 2. The quantitative estimate of drug-likeness (QED) is 0.890. The van der Waals surface area contributed by atoms with Crippen LogP contribution in [0.4, 0.5) is 0 Å². The van der Waals surface area contributed by atoms with Crippen LogP contribution in [0.15, 0.2) is 0 Å². The molecule has 0 spiro atoms. The molecule has 0 saturated carbocycles. The Balaban J connectivity index is 2.13. The summed E-state index contributed by atoms with van der Waals surface area (Å²) < 4.78 is 13.2. The molecular formula is C13H22ClN3O2. The zero-order valence-corrected chi connectivity index (χ0v) is 12.5. The van der Waals surface area contributed by atoms with Crippen LogP contribution >= 0.6 is 11.6 Å². The van der Waals surface area contributed by atoms with Crippen LogP contribution < -0.4 is 5.32 Å². The van der Waals surface area contributed by atoms with Crippen LogP contribution in [-0.2, 0) is 22.4 Å². The van der Waals surface area contributed by atoms with Gasteiger partial charge in [-0.1, -0.05) is 11.6 Å². The summed E-state index contributed by atoms with van der Waals surface area (Å²) in [6.45, 7) is 6.79. The van der Waals surface area contributed by atoms with E-state index in [0.717, 1.165) is 29.4 Å². The molecule has 0 bridgehead atoms. The first kappa shape index (κ1) is 14.8. The summed E-state index contributed by atoms with van der Waals surface area (Å²) in [6.07, 6.45) is 0.855. The van der Waals surface area contributed by atoms with Gasteiger partial charge in [0.1, 0.15) is 0 Å². The summed E-state index contributed by atoms with van der Waals surface area (Å²) in [7, 11) is 1.94. The molecule has 1 N–H and O–H groups in total. The monoisotopic (exact) mass is 287 g/mol. The summed E-state index contributed by atoms with van der Waals surface area (Å²) >= 11 is 6.35. The van der Waals surface area contributed by atoms with Crippen LogP contribution in [0.25, 0.3) is 0 Å². The van der Waals surface area contributed by atoms with Crippen molar-refractivity contribution in [3.8, 4) is 0 Å². The summed E-state index contributed by atoms with van der Waals surface area (Å²) in [5.74, 6) is 0. The molecule has 1 aromatic heterocycles. The number of ether oxygens (including phenoxy) is 2. The van der Waals surface area contributed by atoms with Gasteiger partial charge < -0.3 is 14.8 Å². The molecule has 1 saturated heterocycles. The zero-order chi connectivity index (χ0) is 13.8. The molecule has 1 fully saturated rings. The van der Waals surface area contributed by atoms with E-state index in [4.69, 9.17) is 21.1 Å². The summed E-state index contributed by atoms with van der Waals surface area (Å²) in [6, 6.07) is 0.180. The highest BCUT2D eigenvalue weighted by Crippen LogP contribution is 2.23. The van der Waals surface area contributed by atoms with Crippen molar-refractivity contribution < 1.29 is 9.47 Å². The molecule has 0 aliphatic carbocycles. The smallest absolute Gasteiger partial charge is 0.0965 e. The van der Waals surface area contributed by atoms with E-state index < -0.39 is 0 Å². The minimum Gasteiger partial charge on any atom is -0.376 e. The number of nitrogens with one attached hydrogen (secondary N) is 1. The van der Waals surface area contributed by atoms with Gasteiger partial charge in [0.15, 0.2) is 0 Å². The van der Waals surface area contributed by atoms with Crippen molar-refractivity contribution in [2.75, 3.05) is 26.9 Å². The third-order valence-corrected chi connectivity index (χ3v) is 4.02. The largest absolute Gasteiger partial charge is 0.376 e. The number of aryl methyl sites for hydroxylation is 2. The Hall–Kier alpha value is -0.620. The molecule has 19 heavy (non-hydrogen) atoms. The van der Waals surface area contributed by atoms with Gasteiger partial charge in [-0.05, 0) is 20.9 Å². The highest BCUT2D eigenvalue weighted by molar-refractivity contribution is 6.31. The molecule has 108 valence electrons. The van der Waals surface area contributed by atoms with Crippen molar-refractivity contribution >= 4 is 11.6 Å². The molecule has 2 rings (SSSR count). The molecule has 1 aliphatic rings. The van der Waals surface area contributed by atoms with Gasteiger partial charge in [-0.2, -0.15) is 5.10 Å². The Morgan fingerprint density at radius 2 is 2.32 bits per heavy atom. The second kappa shape index (κ2) is 6.70. The van der Waals surface area contributed by atoms with Gasteiger partial charge in [-0.3, -0.25) is 4.68 Å². The van der Waals surface area contributed by atoms with Crippen LogP contribution in [0.1, 0.15) is 18.3 Å². The van der Waals surface area contributed by atoms with Crippen molar-refractivity contribution in [3.63, 3.8) is 0 Å². The molecule has 0 amide bonds. The average molecular weight is 288 g/mol. The van der Waals surface area contributed by atoms with Crippen molar-refractivity contribution in [2.24, 2.45) is 0 Å². The average Bonchev–Trinajstić information content (AvgIpc) is 2.72. The van der Waals surface area contributed by atoms with Gasteiger partial charge in [0.2, 0.25) is 0 Å². The van der Waals surface area contributed by atoms with E-state index in [-0.39, 0.29) is 12.1 Å². The number of halogens is 1. The zero-order valence-electron chi connectivity index (χ0n) is 11.8. The second-order valence-electron chi connectivity index (χ2n) is 4.75. The lowest BCUT2D eigenvalue weighted by Crippen LogP contribution is -2.46. The van der Waals surface area contributed by atoms with Gasteiger partial charge in [0, 0.05) is 19.0 Å². The number of likely N-dealkylation sites (N-methyl/N-ethyl adjacent to an activating group) is 1. The van der Waals surface area contributed by atoms with E-state index in [1.165, 1.54) is 0 Å². The van der Waals surface area contributed by atoms with E-state index >= 15 is 0 Å². The van der Waals surface area contributed by atoms with E-state index in [1.54, 1.807) is 0 Å². The number of rotatable bonds is 5. The van der Waals surface area contributed by atoms with Crippen molar-refractivity contribution in [1.29, 1.82) is 0 Å². The highest BCUT2D eigenvalue weighted by Gasteiger charge is 2.26. The first-order valence-electron chi connectivity index (χ1n) is 6.75. The van der Waals surface area contributed by atoms with Crippen LogP contribution in [0.5, 0.6) is 0 Å². The summed E-state index contributed by atoms with van der Waals surface area (Å²) in [4.78, 5) is 0. The second-order valence-corrected chi connectivity index (χ2v) is 5.12. The van der Waals surface area contributed by atoms with E-state index in [0.29, 0.717) is 19.8 Å². The lowest BCUT2D eigenvalue weighted by molar-refractivity contribution is -0.101. The Labute approximate surface area is 119 Å². The Kier molecular flexibility index (Phi) is 5.21. The van der Waals surface area contributed by atoms with Crippen molar-refractivity contribution in [3.05, 3.63) is 16.4 Å². The predicted molar refractivity (Wildman–Crippen MR) is 74.8 cm³/mol. The maximum absolute atomic E-state index is 6.35. The topological polar surface area (TPSA) is 48.3 Å². The lowest BCUT2D eigenvalue weighted by Gasteiger charge is -2.30. The maximum Gasteiger partial charge on any atom is 0.0965 e. The molecule has 2 atom stereocenters. The van der Waals surface area contributed by atoms with Crippen LogP contribution in [-0.4, -0.2) is 48.8 Å². The molecule has 6 heteroatoms. The molecule has 0 radical (unpaired) electrons. The molecule has 0 aromatic carbocycles. The van der Waals surface area contributed by atoms with E-state index in [2.05, 4.69) is 17.3 Å². The minimum atomic E-state index is 0.0651. The predicted octanol–water partition coefficient (Wildman–Crippen LogP) is 1.41. The van der Waals surface area contributed by atoms with Gasteiger partial charge in [0.25, 0.3) is 0 Å². The van der Waals surface area contributed by atoms with Gasteiger partial charge in [0.05, 0.1) is 42.3 Å². The molecule has 5 nitrogen and oxygen atoms in total. The third-order valence-electron chi connectivity index (χ3n) is 3.53. The molecule has 2 heterocycles. The lowest BCUT2D eigenvalue weighted by atomic mass is 10.0. The van der Waals surface area contributed by atoms with E-state index in [1.807, 2.05) is 18.7 Å². The van der Waals surface area contributed by atoms with Crippen LogP contribution in [0.3, 0.4) is 0 Å². The Bertz CT molecular complexity index is 416. The van der Waals surface area contributed by atoms with Gasteiger partial charge in [-0.15, -0.1) is 0 Å². The fourth-order valence-electron chi connectivity index (χ4n) is 2.43. The molecule has 1 aromatic rings. The van der Waals surface area contributed by atoms with Crippen LogP contribution in [0, 0.1) is 6.92 Å². The van der Waals surface area contributed by atoms with Crippen molar-refractivity contribution in [2.45, 2.75) is 39.0 Å². The molecule has 2 unspecified atom stereocenters. The standard InChI is InChI=1S/C13H22ClN3O2/c1-4-17-11(13(14)9(2)16-17)7-10(15-3)12-8-18-5-6-19-12/h10,12,15H,4-8H2,1-3H3. The Morgan fingerprint density at radius 1 is 1.53 bits per heavy atom. The maximum atomic E-state index is 6.35. The van der Waals surface area contributed by atoms with E-state index in [9.17, 15) is 0 Å². The van der Waals surface area contributed by atoms with Gasteiger partial charge in [-0.25, -0.2) is 0 Å². The van der Waals surface area contributed by atoms with Crippen molar-refractivity contribution in [1.82, 2.24) is 15.1 Å². The van der Waals surface area contributed by atoms with Gasteiger partial charge >= 0.3 is 0 Å². The molecular weight excluding hydrogens is 266 g/mol. The first-order chi connectivity index (χ1) is 9.17. The normalized spacial score (nSPS) is 21.6. The number of hydrogen-bond donors (Lipinski definition) is 1. The van der Waals surface area contributed by atoms with Crippen LogP contribution in [0.2, 0.25) is 5.02 Å². The summed E-state index contributed by atoms with van der Waals surface area (Å²) in [5.41, 5.74) is 1.95. The number of aromatic nitrogens is 2. The first-order valence-corrected chi connectivity index (χ1v) is 7.13. The minimum absolute atomic E-state index is 0.0651. The fraction of sp³-hybridized carbons (Fsp3) is 0.769. The molecule has 1 aliphatic heterocycles. The number of hydrogen-bond acceptors (Lipinski definition) is 4. The Morgan fingerprint density at radius 3 is 2.89 bits per heavy atom. The highest BCUT2D eigenvalue weighted by atomic mass is 35.5. The fourth-order valence-corrected chi connectivity index (χ4v) is 2.64. The third kappa shape index (κ3) is 3.28. The summed E-state index contributed by atoms with van der Waals surface area (Å²) in [5, 5.41) is 8.51. The SMILES string of the molecule is CCn1nc(C)c(Cl)c1CC(NC)C1COCCO1.